The van der Waals surface area contributed by atoms with Gasteiger partial charge >= 0.3 is 5.97 Å². The van der Waals surface area contributed by atoms with Crippen molar-refractivity contribution < 1.29 is 9.90 Å². The molecule has 126 valence electrons. The molecule has 0 aromatic carbocycles. The quantitative estimate of drug-likeness (QED) is 0.327. The van der Waals surface area contributed by atoms with Gasteiger partial charge in [0.1, 0.15) is 0 Å². The summed E-state index contributed by atoms with van der Waals surface area (Å²) in [6.45, 7) is 4.54. The van der Waals surface area contributed by atoms with E-state index in [1.807, 2.05) is 0 Å². The van der Waals surface area contributed by atoms with Gasteiger partial charge < -0.3 is 5.11 Å². The molecule has 0 aliphatic carbocycles. The average Bonchev–Trinajstić information content (AvgIpc) is 2.47. The van der Waals surface area contributed by atoms with Crippen molar-refractivity contribution in [3.63, 3.8) is 0 Å². The summed E-state index contributed by atoms with van der Waals surface area (Å²) in [5, 5.41) is 8.63. The van der Waals surface area contributed by atoms with Crippen LogP contribution in [0.25, 0.3) is 0 Å². The third-order valence-corrected chi connectivity index (χ3v) is 4.55. The van der Waals surface area contributed by atoms with E-state index in [1.54, 1.807) is 0 Å². The molecule has 1 atom stereocenters. The van der Waals surface area contributed by atoms with Crippen LogP contribution in [0.5, 0.6) is 0 Å². The topological polar surface area (TPSA) is 37.3 Å². The first-order valence-electron chi connectivity index (χ1n) is 9.42. The number of carboxylic acids is 1. The Morgan fingerprint density at radius 1 is 0.762 bits per heavy atom. The molecule has 2 nitrogen and oxygen atoms in total. The molecule has 1 N–H and O–H groups in total. The van der Waals surface area contributed by atoms with E-state index in [0.29, 0.717) is 6.42 Å². The molecule has 1 unspecified atom stereocenters. The van der Waals surface area contributed by atoms with Gasteiger partial charge in [-0.25, -0.2) is 0 Å². The first-order chi connectivity index (χ1) is 10.2. The van der Waals surface area contributed by atoms with Gasteiger partial charge in [0.25, 0.3) is 0 Å². The van der Waals surface area contributed by atoms with Crippen LogP contribution in [0.2, 0.25) is 0 Å². The highest BCUT2D eigenvalue weighted by atomic mass is 16.4. The molecule has 2 heteroatoms. The Bertz CT molecular complexity index is 226. The third kappa shape index (κ3) is 15.7. The van der Waals surface area contributed by atoms with Crippen molar-refractivity contribution in [3.8, 4) is 0 Å². The van der Waals surface area contributed by atoms with E-state index in [0.717, 1.165) is 18.8 Å². The summed E-state index contributed by atoms with van der Waals surface area (Å²) in [5.41, 5.74) is 0. The van der Waals surface area contributed by atoms with Gasteiger partial charge in [0.15, 0.2) is 0 Å². The maximum absolute atomic E-state index is 10.5. The molecule has 0 bridgehead atoms. The molecule has 21 heavy (non-hydrogen) atoms. The highest BCUT2D eigenvalue weighted by Crippen LogP contribution is 2.21. The van der Waals surface area contributed by atoms with Gasteiger partial charge in [0, 0.05) is 6.42 Å². The van der Waals surface area contributed by atoms with Gasteiger partial charge in [-0.05, 0) is 12.3 Å². The van der Waals surface area contributed by atoms with Crippen LogP contribution in [-0.2, 0) is 4.79 Å². The lowest BCUT2D eigenvalue weighted by Gasteiger charge is -2.14. The van der Waals surface area contributed by atoms with E-state index >= 15 is 0 Å². The lowest BCUT2D eigenvalue weighted by atomic mass is 9.92. The standard InChI is InChI=1S/C19H38O2/c1-3-5-6-7-8-9-10-11-12-15-18(4-2)16-13-14-17-19(20)21/h18H,3-17H2,1-2H3,(H,20,21). The van der Waals surface area contributed by atoms with Gasteiger partial charge in [-0.1, -0.05) is 97.3 Å². The lowest BCUT2D eigenvalue weighted by molar-refractivity contribution is -0.137. The van der Waals surface area contributed by atoms with Crippen molar-refractivity contribution in [2.45, 2.75) is 110 Å². The fourth-order valence-corrected chi connectivity index (χ4v) is 3.01. The van der Waals surface area contributed by atoms with Crippen LogP contribution in [0.1, 0.15) is 110 Å². The molecule has 0 aliphatic rings. The zero-order chi connectivity index (χ0) is 15.8. The van der Waals surface area contributed by atoms with E-state index in [9.17, 15) is 4.79 Å². The molecular weight excluding hydrogens is 260 g/mol. The van der Waals surface area contributed by atoms with Crippen molar-refractivity contribution in [1.29, 1.82) is 0 Å². The minimum atomic E-state index is -0.651. The Kier molecular flexibility index (Phi) is 15.5. The summed E-state index contributed by atoms with van der Waals surface area (Å²) < 4.78 is 0. The van der Waals surface area contributed by atoms with Gasteiger partial charge in [-0.15, -0.1) is 0 Å². The normalized spacial score (nSPS) is 12.5. The fourth-order valence-electron chi connectivity index (χ4n) is 3.01. The van der Waals surface area contributed by atoms with Crippen LogP contribution < -0.4 is 0 Å². The Morgan fingerprint density at radius 3 is 1.71 bits per heavy atom. The molecule has 0 radical (unpaired) electrons. The molecule has 0 aliphatic heterocycles. The summed E-state index contributed by atoms with van der Waals surface area (Å²) in [5.74, 6) is 0.172. The van der Waals surface area contributed by atoms with Crippen LogP contribution in [0, 0.1) is 5.92 Å². The average molecular weight is 299 g/mol. The Hall–Kier alpha value is -0.530. The smallest absolute Gasteiger partial charge is 0.303 e. The summed E-state index contributed by atoms with van der Waals surface area (Å²) >= 11 is 0. The predicted molar refractivity (Wildman–Crippen MR) is 91.7 cm³/mol. The number of unbranched alkanes of at least 4 members (excludes halogenated alkanes) is 9. The zero-order valence-corrected chi connectivity index (χ0v) is 14.5. The van der Waals surface area contributed by atoms with Crippen LogP contribution in [0.15, 0.2) is 0 Å². The minimum Gasteiger partial charge on any atom is -0.481 e. The Labute approximate surface area is 132 Å². The predicted octanol–water partition coefficient (Wildman–Crippen LogP) is 6.58. The number of rotatable bonds is 16. The SMILES string of the molecule is CCCCCCCCCCCC(CC)CCCCC(=O)O. The van der Waals surface area contributed by atoms with Crippen molar-refractivity contribution in [1.82, 2.24) is 0 Å². The highest BCUT2D eigenvalue weighted by molar-refractivity contribution is 5.66. The van der Waals surface area contributed by atoms with Crippen molar-refractivity contribution >= 4 is 5.97 Å². The van der Waals surface area contributed by atoms with Gasteiger partial charge in [0.05, 0.1) is 0 Å². The second-order valence-electron chi connectivity index (χ2n) is 6.53. The summed E-state index contributed by atoms with van der Waals surface area (Å²) in [6, 6.07) is 0. The van der Waals surface area contributed by atoms with Crippen molar-refractivity contribution in [3.05, 3.63) is 0 Å². The Balaban J connectivity index is 3.32. The second kappa shape index (κ2) is 15.9. The van der Waals surface area contributed by atoms with E-state index in [1.165, 1.54) is 77.0 Å². The van der Waals surface area contributed by atoms with E-state index in [4.69, 9.17) is 5.11 Å². The molecule has 0 spiro atoms. The molecule has 0 saturated heterocycles. The van der Waals surface area contributed by atoms with Crippen molar-refractivity contribution in [2.24, 2.45) is 5.92 Å². The summed E-state index contributed by atoms with van der Waals surface area (Å²) in [7, 11) is 0. The first kappa shape index (κ1) is 20.5. The minimum absolute atomic E-state index is 0.342. The summed E-state index contributed by atoms with van der Waals surface area (Å²) in [4.78, 5) is 10.5. The van der Waals surface area contributed by atoms with Crippen LogP contribution in [-0.4, -0.2) is 11.1 Å². The number of hydrogen-bond donors (Lipinski definition) is 1. The summed E-state index contributed by atoms with van der Waals surface area (Å²) in [6.07, 6.45) is 18.7. The Morgan fingerprint density at radius 2 is 1.24 bits per heavy atom. The maximum Gasteiger partial charge on any atom is 0.303 e. The molecule has 0 heterocycles. The second-order valence-corrected chi connectivity index (χ2v) is 6.53. The third-order valence-electron chi connectivity index (χ3n) is 4.55. The van der Waals surface area contributed by atoms with Crippen LogP contribution in [0.3, 0.4) is 0 Å². The monoisotopic (exact) mass is 298 g/mol. The highest BCUT2D eigenvalue weighted by Gasteiger charge is 2.06. The lowest BCUT2D eigenvalue weighted by Crippen LogP contribution is -2.00. The molecule has 0 saturated carbocycles. The molecule has 0 fully saturated rings. The molecule has 0 amide bonds. The number of carboxylic acid groups (broad SMARTS) is 1. The van der Waals surface area contributed by atoms with E-state index < -0.39 is 5.97 Å². The fraction of sp³-hybridized carbons (Fsp3) is 0.947. The van der Waals surface area contributed by atoms with E-state index in [-0.39, 0.29) is 0 Å². The molecule has 0 rings (SSSR count). The maximum atomic E-state index is 10.5. The van der Waals surface area contributed by atoms with Crippen molar-refractivity contribution in [2.75, 3.05) is 0 Å². The number of hydrogen-bond acceptors (Lipinski definition) is 1. The molecule has 0 aromatic rings. The van der Waals surface area contributed by atoms with Gasteiger partial charge in [-0.2, -0.15) is 0 Å². The molecule has 0 aromatic heterocycles. The number of aliphatic carboxylic acids is 1. The molecular formula is C19H38O2. The zero-order valence-electron chi connectivity index (χ0n) is 14.5. The largest absolute Gasteiger partial charge is 0.481 e. The van der Waals surface area contributed by atoms with E-state index in [2.05, 4.69) is 13.8 Å². The van der Waals surface area contributed by atoms with Crippen LogP contribution in [0.4, 0.5) is 0 Å². The van der Waals surface area contributed by atoms with Crippen LogP contribution >= 0.6 is 0 Å². The number of carbonyl (C=O) groups is 1. The van der Waals surface area contributed by atoms with Gasteiger partial charge in [0.2, 0.25) is 0 Å². The first-order valence-corrected chi connectivity index (χ1v) is 9.42. The van der Waals surface area contributed by atoms with Gasteiger partial charge in [-0.3, -0.25) is 4.79 Å².